The van der Waals surface area contributed by atoms with Crippen LogP contribution in [-0.2, 0) is 4.79 Å². The lowest BCUT2D eigenvalue weighted by molar-refractivity contribution is -0.608. The molecule has 7 heteroatoms. The number of amides is 2. The molecule has 0 aromatic carbocycles. The third-order valence-corrected chi connectivity index (χ3v) is 5.96. The number of aryl methyl sites for hydroxylation is 1. The summed E-state index contributed by atoms with van der Waals surface area (Å²) >= 11 is 0. The lowest BCUT2D eigenvalue weighted by Gasteiger charge is -2.17. The fourth-order valence-electron chi connectivity index (χ4n) is 3.91. The van der Waals surface area contributed by atoms with Gasteiger partial charge in [0.1, 0.15) is 11.9 Å². The minimum absolute atomic E-state index is 0.0348. The van der Waals surface area contributed by atoms with E-state index in [0.717, 1.165) is 44.9 Å². The number of nitrogens with zero attached hydrogens (tertiary/aromatic N) is 3. The molecule has 2 heterocycles. The molecule has 1 aliphatic rings. The smallest absolute Gasteiger partial charge is 0.319 e. The van der Waals surface area contributed by atoms with Crippen molar-refractivity contribution >= 4 is 11.8 Å². The zero-order valence-corrected chi connectivity index (χ0v) is 22.4. The molecule has 0 unspecified atom stereocenters. The van der Waals surface area contributed by atoms with Gasteiger partial charge in [-0.2, -0.15) is 4.73 Å². The average Bonchev–Trinajstić information content (AvgIpc) is 3.34. The van der Waals surface area contributed by atoms with E-state index < -0.39 is 5.91 Å². The van der Waals surface area contributed by atoms with Gasteiger partial charge in [-0.25, -0.2) is 4.98 Å². The van der Waals surface area contributed by atoms with Crippen LogP contribution in [0.5, 0.6) is 0 Å². The van der Waals surface area contributed by atoms with Gasteiger partial charge in [-0.05, 0) is 58.3 Å². The van der Waals surface area contributed by atoms with Crippen molar-refractivity contribution in [2.24, 2.45) is 0 Å². The first-order valence-corrected chi connectivity index (χ1v) is 13.4. The molecule has 0 spiro atoms. The Labute approximate surface area is 221 Å². The maximum Gasteiger partial charge on any atom is 0.319 e. The monoisotopic (exact) mass is 506 g/mol. The molecule has 1 fully saturated rings. The van der Waals surface area contributed by atoms with Gasteiger partial charge >= 0.3 is 5.91 Å². The SMILES string of the molecule is CCC=CCC=CCC=CCC=CCC=CCCCC(=O)N1CC[C@H](NC(=O)c2cnc(C)c[n+]2[O-])C1. The number of hydrogen-bond donors (Lipinski definition) is 1. The summed E-state index contributed by atoms with van der Waals surface area (Å²) in [5, 5.41) is 14.7. The lowest BCUT2D eigenvalue weighted by Crippen LogP contribution is -2.44. The number of carbonyl (C=O) groups is 2. The van der Waals surface area contributed by atoms with Crippen LogP contribution in [0.25, 0.3) is 0 Å². The van der Waals surface area contributed by atoms with E-state index in [2.05, 4.69) is 78.0 Å². The summed E-state index contributed by atoms with van der Waals surface area (Å²) in [4.78, 5) is 30.7. The van der Waals surface area contributed by atoms with E-state index in [4.69, 9.17) is 0 Å². The van der Waals surface area contributed by atoms with Crippen molar-refractivity contribution in [2.75, 3.05) is 13.1 Å². The van der Waals surface area contributed by atoms with E-state index in [-0.39, 0.29) is 17.6 Å². The molecule has 2 rings (SSSR count). The number of carbonyl (C=O) groups excluding carboxylic acids is 2. The van der Waals surface area contributed by atoms with Crippen LogP contribution in [0.3, 0.4) is 0 Å². The zero-order valence-electron chi connectivity index (χ0n) is 22.4. The Kier molecular flexibility index (Phi) is 14.4. The van der Waals surface area contributed by atoms with Crippen molar-refractivity contribution in [1.29, 1.82) is 0 Å². The first-order valence-electron chi connectivity index (χ1n) is 13.4. The summed E-state index contributed by atoms with van der Waals surface area (Å²) in [7, 11) is 0. The summed E-state index contributed by atoms with van der Waals surface area (Å²) in [6.07, 6.45) is 32.1. The minimum Gasteiger partial charge on any atom is -0.618 e. The zero-order chi connectivity index (χ0) is 26.7. The van der Waals surface area contributed by atoms with Crippen molar-refractivity contribution in [2.45, 2.75) is 77.7 Å². The molecule has 1 atom stereocenters. The predicted molar refractivity (Wildman–Crippen MR) is 149 cm³/mol. The Hall–Kier alpha value is -3.48. The maximum atomic E-state index is 12.5. The van der Waals surface area contributed by atoms with E-state index in [1.165, 1.54) is 12.4 Å². The average molecular weight is 507 g/mol. The van der Waals surface area contributed by atoms with Crippen LogP contribution in [0.4, 0.5) is 0 Å². The van der Waals surface area contributed by atoms with Gasteiger partial charge in [-0.15, -0.1) is 0 Å². The third-order valence-electron chi connectivity index (χ3n) is 5.96. The molecule has 1 N–H and O–H groups in total. The first kappa shape index (κ1) is 29.7. The van der Waals surface area contributed by atoms with Gasteiger partial charge in [0, 0.05) is 25.6 Å². The van der Waals surface area contributed by atoms with Gasteiger partial charge < -0.3 is 15.4 Å². The topological polar surface area (TPSA) is 89.2 Å². The molecule has 1 aliphatic heterocycles. The van der Waals surface area contributed by atoms with Crippen molar-refractivity contribution in [3.05, 3.63) is 89.7 Å². The number of allylic oxidation sites excluding steroid dienone is 10. The van der Waals surface area contributed by atoms with Gasteiger partial charge in [0.25, 0.3) is 5.69 Å². The number of nitrogens with one attached hydrogen (secondary N) is 1. The highest BCUT2D eigenvalue weighted by Crippen LogP contribution is 2.13. The van der Waals surface area contributed by atoms with Gasteiger partial charge in [0.05, 0.1) is 0 Å². The lowest BCUT2D eigenvalue weighted by atomic mass is 10.2. The van der Waals surface area contributed by atoms with Crippen LogP contribution in [0.1, 0.15) is 80.9 Å². The van der Waals surface area contributed by atoms with Gasteiger partial charge in [-0.1, -0.05) is 67.7 Å². The number of hydrogen-bond acceptors (Lipinski definition) is 4. The molecule has 0 aliphatic carbocycles. The van der Waals surface area contributed by atoms with E-state index in [1.54, 1.807) is 11.8 Å². The van der Waals surface area contributed by atoms with Gasteiger partial charge in [0.15, 0.2) is 0 Å². The minimum atomic E-state index is -0.458. The Morgan fingerprint density at radius 1 is 1.03 bits per heavy atom. The Morgan fingerprint density at radius 2 is 1.62 bits per heavy atom. The molecule has 7 nitrogen and oxygen atoms in total. The number of aromatic nitrogens is 2. The van der Waals surface area contributed by atoms with Crippen LogP contribution in [0.15, 0.2) is 73.2 Å². The summed E-state index contributed by atoms with van der Waals surface area (Å²) in [5.41, 5.74) is 0.515. The second kappa shape index (κ2) is 17.9. The maximum absolute atomic E-state index is 12.5. The molecule has 1 aromatic heterocycles. The highest BCUT2D eigenvalue weighted by molar-refractivity contribution is 5.91. The molecule has 1 saturated heterocycles. The molecular weight excluding hydrogens is 464 g/mol. The Balaban J connectivity index is 1.53. The summed E-state index contributed by atoms with van der Waals surface area (Å²) in [6, 6.07) is -0.149. The fourth-order valence-corrected chi connectivity index (χ4v) is 3.91. The molecule has 200 valence electrons. The van der Waals surface area contributed by atoms with Crippen LogP contribution in [0.2, 0.25) is 0 Å². The van der Waals surface area contributed by atoms with Crippen LogP contribution >= 0.6 is 0 Å². The standard InChI is InChI=1S/C30H42N4O3/c1-3-4-5-6-7-8-9-10-11-12-13-14-15-16-17-18-19-20-29(35)33-22-21-27(25-33)32-30(36)28-23-31-26(2)24-34(28)37/h4-5,7-8,10-11,13-14,16-17,23-24,27H,3,6,9,12,15,18-22,25H2,1-2H3,(H,32,36)/t27-/m0/s1. The van der Waals surface area contributed by atoms with Gasteiger partial charge in [0.2, 0.25) is 12.1 Å². The fraction of sp³-hybridized carbons (Fsp3) is 0.467. The molecular formula is C30H42N4O3. The molecule has 2 amide bonds. The summed E-state index contributed by atoms with van der Waals surface area (Å²) in [6.45, 7) is 4.93. The van der Waals surface area contributed by atoms with Crippen molar-refractivity contribution in [3.63, 3.8) is 0 Å². The normalized spacial score (nSPS) is 16.4. The van der Waals surface area contributed by atoms with Crippen molar-refractivity contribution in [3.8, 4) is 0 Å². The van der Waals surface area contributed by atoms with Gasteiger partial charge in [-0.3, -0.25) is 9.59 Å². The third kappa shape index (κ3) is 12.4. The quantitative estimate of drug-likeness (QED) is 0.152. The number of likely N-dealkylation sites (tertiary alicyclic amines) is 1. The summed E-state index contributed by atoms with van der Waals surface area (Å²) < 4.78 is 0.532. The van der Waals surface area contributed by atoms with E-state index >= 15 is 0 Å². The van der Waals surface area contributed by atoms with Crippen molar-refractivity contribution in [1.82, 2.24) is 15.2 Å². The number of unbranched alkanes of at least 4 members (excludes halogenated alkanes) is 1. The van der Waals surface area contributed by atoms with E-state index in [9.17, 15) is 14.8 Å². The molecule has 0 radical (unpaired) electrons. The molecule has 0 bridgehead atoms. The first-order chi connectivity index (χ1) is 18.0. The second-order valence-electron chi connectivity index (χ2n) is 9.14. The van der Waals surface area contributed by atoms with E-state index in [1.807, 2.05) is 0 Å². The highest BCUT2D eigenvalue weighted by Gasteiger charge is 2.29. The molecule has 37 heavy (non-hydrogen) atoms. The van der Waals surface area contributed by atoms with Crippen LogP contribution in [0, 0.1) is 12.1 Å². The largest absolute Gasteiger partial charge is 0.618 e. The Bertz CT molecular complexity index is 995. The van der Waals surface area contributed by atoms with E-state index in [0.29, 0.717) is 36.4 Å². The highest BCUT2D eigenvalue weighted by atomic mass is 16.5. The van der Waals surface area contributed by atoms with Crippen LogP contribution in [-0.4, -0.2) is 40.8 Å². The molecule has 0 saturated carbocycles. The number of rotatable bonds is 15. The predicted octanol–water partition coefficient (Wildman–Crippen LogP) is 5.28. The summed E-state index contributed by atoms with van der Waals surface area (Å²) in [5.74, 6) is -0.347. The molecule has 1 aromatic rings. The second-order valence-corrected chi connectivity index (χ2v) is 9.14. The van der Waals surface area contributed by atoms with Crippen LogP contribution < -0.4 is 10.0 Å². The van der Waals surface area contributed by atoms with Crippen molar-refractivity contribution < 1.29 is 14.3 Å². The Morgan fingerprint density at radius 3 is 2.22 bits per heavy atom.